The molecule has 0 bridgehead atoms. The lowest BCUT2D eigenvalue weighted by molar-refractivity contribution is -0.144. The van der Waals surface area contributed by atoms with Gasteiger partial charge in [0.25, 0.3) is 0 Å². The predicted octanol–water partition coefficient (Wildman–Crippen LogP) is 2.26. The molecule has 1 N–H and O–H groups in total. The molecule has 3 nitrogen and oxygen atoms in total. The van der Waals surface area contributed by atoms with Crippen LogP contribution < -0.4 is 4.74 Å². The van der Waals surface area contributed by atoms with E-state index in [1.807, 2.05) is 18.4 Å². The summed E-state index contributed by atoms with van der Waals surface area (Å²) in [4.78, 5) is 11.6. The molecule has 76 valence electrons. The number of aliphatic carboxylic acids is 1. The average Bonchev–Trinajstić information content (AvgIpc) is 2.19. The standard InChI is InChI=1S/C10H12O3S/c1-7(10(11)12)13-8-3-5-9(14-2)6-4-8/h3-7H,1-2H3,(H,11,12)/t7-/m0/s1. The van der Waals surface area contributed by atoms with Crippen LogP contribution in [0.2, 0.25) is 0 Å². The highest BCUT2D eigenvalue weighted by atomic mass is 32.2. The lowest BCUT2D eigenvalue weighted by Gasteiger charge is -2.10. The molecule has 0 saturated carbocycles. The molecule has 0 unspecified atom stereocenters. The highest BCUT2D eigenvalue weighted by Gasteiger charge is 2.11. The Balaban J connectivity index is 2.64. The fourth-order valence-corrected chi connectivity index (χ4v) is 1.32. The van der Waals surface area contributed by atoms with Crippen molar-refractivity contribution in [1.29, 1.82) is 0 Å². The Bertz CT molecular complexity index is 308. The molecule has 1 atom stereocenters. The summed E-state index contributed by atoms with van der Waals surface area (Å²) >= 11 is 1.63. The van der Waals surface area contributed by atoms with Crippen LogP contribution in [0.3, 0.4) is 0 Å². The van der Waals surface area contributed by atoms with Gasteiger partial charge in [0.2, 0.25) is 0 Å². The third-order valence-electron chi connectivity index (χ3n) is 1.72. The van der Waals surface area contributed by atoms with Crippen LogP contribution in [-0.4, -0.2) is 23.4 Å². The first kappa shape index (κ1) is 10.9. The summed E-state index contributed by atoms with van der Waals surface area (Å²) < 4.78 is 5.17. The number of benzene rings is 1. The molecule has 0 aliphatic carbocycles. The number of ether oxygens (including phenoxy) is 1. The van der Waals surface area contributed by atoms with Crippen LogP contribution in [-0.2, 0) is 4.79 Å². The van der Waals surface area contributed by atoms with Crippen molar-refractivity contribution in [2.24, 2.45) is 0 Å². The van der Waals surface area contributed by atoms with Crippen LogP contribution in [0.25, 0.3) is 0 Å². The zero-order chi connectivity index (χ0) is 10.6. The molecule has 0 fully saturated rings. The van der Waals surface area contributed by atoms with Gasteiger partial charge in [-0.1, -0.05) is 0 Å². The number of hydrogen-bond acceptors (Lipinski definition) is 3. The third-order valence-corrected chi connectivity index (χ3v) is 2.46. The normalized spacial score (nSPS) is 12.1. The van der Waals surface area contributed by atoms with Crippen molar-refractivity contribution in [3.05, 3.63) is 24.3 Å². The molecule has 0 heterocycles. The molecule has 4 heteroatoms. The molecule has 0 spiro atoms. The first-order chi connectivity index (χ1) is 6.63. The van der Waals surface area contributed by atoms with Crippen LogP contribution >= 0.6 is 11.8 Å². The third kappa shape index (κ3) is 2.96. The first-order valence-electron chi connectivity index (χ1n) is 4.17. The monoisotopic (exact) mass is 212 g/mol. The number of carboxylic acids is 1. The minimum atomic E-state index is -0.959. The van der Waals surface area contributed by atoms with E-state index in [1.165, 1.54) is 6.92 Å². The van der Waals surface area contributed by atoms with Crippen molar-refractivity contribution in [3.63, 3.8) is 0 Å². The number of hydrogen-bond donors (Lipinski definition) is 1. The van der Waals surface area contributed by atoms with Gasteiger partial charge >= 0.3 is 5.97 Å². The molecule has 1 aromatic carbocycles. The largest absolute Gasteiger partial charge is 0.479 e. The van der Waals surface area contributed by atoms with Gasteiger partial charge < -0.3 is 9.84 Å². The Morgan fingerprint density at radius 2 is 2.00 bits per heavy atom. The maximum atomic E-state index is 10.5. The van der Waals surface area contributed by atoms with Crippen molar-refractivity contribution < 1.29 is 14.6 Å². The van der Waals surface area contributed by atoms with Gasteiger partial charge in [-0.25, -0.2) is 4.79 Å². The van der Waals surface area contributed by atoms with Crippen molar-refractivity contribution >= 4 is 17.7 Å². The molecule has 14 heavy (non-hydrogen) atoms. The molecule has 0 aliphatic heterocycles. The van der Waals surface area contributed by atoms with E-state index in [9.17, 15) is 4.79 Å². The summed E-state index contributed by atoms with van der Waals surface area (Å²) in [7, 11) is 0. The van der Waals surface area contributed by atoms with Crippen molar-refractivity contribution in [1.82, 2.24) is 0 Å². The zero-order valence-electron chi connectivity index (χ0n) is 8.06. The number of rotatable bonds is 4. The Kier molecular flexibility index (Phi) is 3.83. The topological polar surface area (TPSA) is 46.5 Å². The SMILES string of the molecule is CSc1ccc(O[C@@H](C)C(=O)O)cc1. The van der Waals surface area contributed by atoms with Crippen LogP contribution in [0.1, 0.15) is 6.92 Å². The molecular formula is C10H12O3S. The van der Waals surface area contributed by atoms with E-state index < -0.39 is 12.1 Å². The van der Waals surface area contributed by atoms with E-state index >= 15 is 0 Å². The molecule has 1 aromatic rings. The number of carboxylic acid groups (broad SMARTS) is 1. The van der Waals surface area contributed by atoms with Crippen LogP contribution in [0.5, 0.6) is 5.75 Å². The maximum absolute atomic E-state index is 10.5. The maximum Gasteiger partial charge on any atom is 0.344 e. The first-order valence-corrected chi connectivity index (χ1v) is 5.39. The lowest BCUT2D eigenvalue weighted by Crippen LogP contribution is -2.22. The Labute approximate surface area is 87.1 Å². The summed E-state index contributed by atoms with van der Waals surface area (Å²) in [6.45, 7) is 1.50. The highest BCUT2D eigenvalue weighted by Crippen LogP contribution is 2.19. The Morgan fingerprint density at radius 3 is 2.43 bits per heavy atom. The van der Waals surface area contributed by atoms with Crippen molar-refractivity contribution in [2.75, 3.05) is 6.26 Å². The second-order valence-corrected chi connectivity index (χ2v) is 3.65. The molecular weight excluding hydrogens is 200 g/mol. The van der Waals surface area contributed by atoms with Gasteiger partial charge in [0.15, 0.2) is 6.10 Å². The molecule has 0 aromatic heterocycles. The second kappa shape index (κ2) is 4.91. The smallest absolute Gasteiger partial charge is 0.344 e. The van der Waals surface area contributed by atoms with Gasteiger partial charge in [-0.2, -0.15) is 0 Å². The summed E-state index contributed by atoms with van der Waals surface area (Å²) in [5, 5.41) is 8.61. The quantitative estimate of drug-likeness (QED) is 0.778. The van der Waals surface area contributed by atoms with Gasteiger partial charge in [-0.05, 0) is 37.4 Å². The highest BCUT2D eigenvalue weighted by molar-refractivity contribution is 7.98. The van der Waals surface area contributed by atoms with E-state index in [2.05, 4.69) is 0 Å². The molecule has 0 radical (unpaired) electrons. The van der Waals surface area contributed by atoms with Gasteiger partial charge in [-0.15, -0.1) is 11.8 Å². The Morgan fingerprint density at radius 1 is 1.43 bits per heavy atom. The lowest BCUT2D eigenvalue weighted by atomic mass is 10.3. The molecule has 0 aliphatic rings. The van der Waals surface area contributed by atoms with Crippen LogP contribution in [0.15, 0.2) is 29.2 Å². The van der Waals surface area contributed by atoms with E-state index in [0.717, 1.165) is 4.90 Å². The summed E-state index contributed by atoms with van der Waals surface area (Å²) in [6, 6.07) is 7.33. The van der Waals surface area contributed by atoms with E-state index in [4.69, 9.17) is 9.84 Å². The number of carbonyl (C=O) groups is 1. The predicted molar refractivity (Wildman–Crippen MR) is 55.9 cm³/mol. The fraction of sp³-hybridized carbons (Fsp3) is 0.300. The van der Waals surface area contributed by atoms with Gasteiger partial charge in [-0.3, -0.25) is 0 Å². The minimum absolute atomic E-state index is 0.581. The second-order valence-electron chi connectivity index (χ2n) is 2.77. The summed E-state index contributed by atoms with van der Waals surface area (Å²) in [5.74, 6) is -0.378. The molecule has 0 amide bonds. The number of thioether (sulfide) groups is 1. The van der Waals surface area contributed by atoms with Crippen LogP contribution in [0.4, 0.5) is 0 Å². The van der Waals surface area contributed by atoms with Gasteiger partial charge in [0.05, 0.1) is 0 Å². The van der Waals surface area contributed by atoms with Gasteiger partial charge in [0.1, 0.15) is 5.75 Å². The minimum Gasteiger partial charge on any atom is -0.479 e. The molecule has 0 saturated heterocycles. The van der Waals surface area contributed by atoms with Gasteiger partial charge in [0, 0.05) is 4.90 Å². The Hall–Kier alpha value is -1.16. The summed E-state index contributed by atoms with van der Waals surface area (Å²) in [6.07, 6.45) is 1.17. The van der Waals surface area contributed by atoms with E-state index in [1.54, 1.807) is 23.9 Å². The molecule has 1 rings (SSSR count). The summed E-state index contributed by atoms with van der Waals surface area (Å²) in [5.41, 5.74) is 0. The average molecular weight is 212 g/mol. The van der Waals surface area contributed by atoms with Crippen LogP contribution in [0, 0.1) is 0 Å². The van der Waals surface area contributed by atoms with Crippen molar-refractivity contribution in [2.45, 2.75) is 17.9 Å². The fourth-order valence-electron chi connectivity index (χ4n) is 0.909. The zero-order valence-corrected chi connectivity index (χ0v) is 8.88. The van der Waals surface area contributed by atoms with E-state index in [0.29, 0.717) is 5.75 Å². The van der Waals surface area contributed by atoms with Crippen molar-refractivity contribution in [3.8, 4) is 5.75 Å². The van der Waals surface area contributed by atoms with E-state index in [-0.39, 0.29) is 0 Å².